The highest BCUT2D eigenvalue weighted by Crippen LogP contribution is 2.08. The van der Waals surface area contributed by atoms with Gasteiger partial charge >= 0.3 is 5.97 Å². The zero-order chi connectivity index (χ0) is 14.3. The number of amides is 1. The Balaban J connectivity index is 2.40. The third-order valence-electron chi connectivity index (χ3n) is 2.94. The molecule has 0 aromatic heterocycles. The van der Waals surface area contributed by atoms with Crippen molar-refractivity contribution in [2.75, 3.05) is 12.3 Å². The van der Waals surface area contributed by atoms with Gasteiger partial charge in [-0.2, -0.15) is 0 Å². The Morgan fingerprint density at radius 2 is 2.16 bits per heavy atom. The summed E-state index contributed by atoms with van der Waals surface area (Å²) in [5.74, 6) is -0.978. The topological polar surface area (TPSA) is 92.4 Å². The number of nitrogen functional groups attached to an aromatic ring is 1. The Kier molecular flexibility index (Phi) is 5.85. The van der Waals surface area contributed by atoms with Crippen LogP contribution in [-0.2, 0) is 16.0 Å². The van der Waals surface area contributed by atoms with Gasteiger partial charge in [-0.05, 0) is 23.6 Å². The third kappa shape index (κ3) is 5.90. The van der Waals surface area contributed by atoms with Crippen LogP contribution in [0.25, 0.3) is 0 Å². The molecule has 1 rings (SSSR count). The highest BCUT2D eigenvalue weighted by molar-refractivity contribution is 5.78. The van der Waals surface area contributed by atoms with Crippen molar-refractivity contribution in [3.63, 3.8) is 0 Å². The van der Waals surface area contributed by atoms with Gasteiger partial charge in [0, 0.05) is 18.7 Å². The number of carboxylic acids is 1. The monoisotopic (exact) mass is 264 g/mol. The van der Waals surface area contributed by atoms with Crippen LogP contribution in [-0.4, -0.2) is 23.5 Å². The van der Waals surface area contributed by atoms with Crippen LogP contribution in [0.5, 0.6) is 0 Å². The lowest BCUT2D eigenvalue weighted by Gasteiger charge is -2.13. The quantitative estimate of drug-likeness (QED) is 0.649. The molecule has 104 valence electrons. The van der Waals surface area contributed by atoms with E-state index in [0.717, 1.165) is 12.0 Å². The van der Waals surface area contributed by atoms with Crippen LogP contribution in [0.3, 0.4) is 0 Å². The molecule has 1 aromatic carbocycles. The molecular formula is C14H20N2O3. The minimum Gasteiger partial charge on any atom is -0.481 e. The largest absolute Gasteiger partial charge is 0.481 e. The molecule has 0 aliphatic heterocycles. The molecule has 5 nitrogen and oxygen atoms in total. The number of rotatable bonds is 7. The Morgan fingerprint density at radius 1 is 1.42 bits per heavy atom. The molecule has 1 unspecified atom stereocenters. The first-order valence-electron chi connectivity index (χ1n) is 6.34. The fraction of sp³-hybridized carbons (Fsp3) is 0.429. The molecule has 0 spiro atoms. The van der Waals surface area contributed by atoms with E-state index in [4.69, 9.17) is 10.8 Å². The van der Waals surface area contributed by atoms with Gasteiger partial charge in [0.2, 0.25) is 5.91 Å². The van der Waals surface area contributed by atoms with Crippen LogP contribution in [0.4, 0.5) is 5.69 Å². The number of nitrogens with one attached hydrogen (secondary N) is 1. The van der Waals surface area contributed by atoms with Crippen molar-refractivity contribution in [1.82, 2.24) is 5.32 Å². The van der Waals surface area contributed by atoms with Gasteiger partial charge in [-0.15, -0.1) is 0 Å². The molecule has 1 atom stereocenters. The molecule has 19 heavy (non-hydrogen) atoms. The van der Waals surface area contributed by atoms with E-state index < -0.39 is 5.97 Å². The molecule has 0 aliphatic rings. The molecule has 0 aliphatic carbocycles. The van der Waals surface area contributed by atoms with Gasteiger partial charge < -0.3 is 16.2 Å². The molecular weight excluding hydrogens is 244 g/mol. The Bertz CT molecular complexity index is 446. The van der Waals surface area contributed by atoms with Crippen molar-refractivity contribution in [3.8, 4) is 0 Å². The Labute approximate surface area is 112 Å². The molecule has 1 amide bonds. The summed E-state index contributed by atoms with van der Waals surface area (Å²) in [5.41, 5.74) is 7.11. The second-order valence-corrected chi connectivity index (χ2v) is 4.60. The number of hydrogen-bond donors (Lipinski definition) is 3. The molecule has 4 N–H and O–H groups in total. The zero-order valence-corrected chi connectivity index (χ0v) is 11.1. The molecule has 0 bridgehead atoms. The molecule has 0 fully saturated rings. The SMILES string of the molecule is CCC(CNC(=O)Cc1cccc(N)c1)CC(=O)O. The van der Waals surface area contributed by atoms with Crippen LogP contribution in [0, 0.1) is 5.92 Å². The van der Waals surface area contributed by atoms with E-state index in [0.29, 0.717) is 12.2 Å². The third-order valence-corrected chi connectivity index (χ3v) is 2.94. The van der Waals surface area contributed by atoms with Crippen LogP contribution in [0.1, 0.15) is 25.3 Å². The fourth-order valence-electron chi connectivity index (χ4n) is 1.82. The second-order valence-electron chi connectivity index (χ2n) is 4.60. The summed E-state index contributed by atoms with van der Waals surface area (Å²) in [4.78, 5) is 22.3. The highest BCUT2D eigenvalue weighted by atomic mass is 16.4. The maximum absolute atomic E-state index is 11.7. The molecule has 0 saturated carbocycles. The lowest BCUT2D eigenvalue weighted by molar-refractivity contribution is -0.138. The van der Waals surface area contributed by atoms with E-state index in [1.54, 1.807) is 18.2 Å². The summed E-state index contributed by atoms with van der Waals surface area (Å²) < 4.78 is 0. The minimum absolute atomic E-state index is 0.0257. The number of anilines is 1. The van der Waals surface area contributed by atoms with Gasteiger partial charge in [0.15, 0.2) is 0 Å². The van der Waals surface area contributed by atoms with Gasteiger partial charge in [-0.3, -0.25) is 9.59 Å². The van der Waals surface area contributed by atoms with Crippen molar-refractivity contribution in [1.29, 1.82) is 0 Å². The Hall–Kier alpha value is -2.04. The number of hydrogen-bond acceptors (Lipinski definition) is 3. The second kappa shape index (κ2) is 7.41. The highest BCUT2D eigenvalue weighted by Gasteiger charge is 2.12. The summed E-state index contributed by atoms with van der Waals surface area (Å²) in [6.07, 6.45) is 1.06. The average molecular weight is 264 g/mol. The Morgan fingerprint density at radius 3 is 2.74 bits per heavy atom. The summed E-state index contributed by atoms with van der Waals surface area (Å²) in [5, 5.41) is 11.5. The molecule has 1 aromatic rings. The smallest absolute Gasteiger partial charge is 0.303 e. The van der Waals surface area contributed by atoms with Gasteiger partial charge in [0.1, 0.15) is 0 Å². The maximum Gasteiger partial charge on any atom is 0.303 e. The maximum atomic E-state index is 11.7. The van der Waals surface area contributed by atoms with Crippen molar-refractivity contribution >= 4 is 17.6 Å². The predicted octanol–water partition coefficient (Wildman–Crippen LogP) is 1.43. The summed E-state index contributed by atoms with van der Waals surface area (Å²) in [6, 6.07) is 7.16. The van der Waals surface area contributed by atoms with Gasteiger partial charge in [-0.25, -0.2) is 0 Å². The first-order chi connectivity index (χ1) is 9.01. The standard InChI is InChI=1S/C14H20N2O3/c1-2-10(8-14(18)19)9-16-13(17)7-11-4-3-5-12(15)6-11/h3-6,10H,2,7-9,15H2,1H3,(H,16,17)(H,18,19). The van der Waals surface area contributed by atoms with Crippen molar-refractivity contribution in [2.45, 2.75) is 26.2 Å². The van der Waals surface area contributed by atoms with Crippen LogP contribution in [0.2, 0.25) is 0 Å². The molecule has 5 heteroatoms. The van der Waals surface area contributed by atoms with E-state index >= 15 is 0 Å². The fourth-order valence-corrected chi connectivity index (χ4v) is 1.82. The summed E-state index contributed by atoms with van der Waals surface area (Å²) in [6.45, 7) is 2.31. The van der Waals surface area contributed by atoms with Crippen LogP contribution < -0.4 is 11.1 Å². The zero-order valence-electron chi connectivity index (χ0n) is 11.1. The van der Waals surface area contributed by atoms with Crippen molar-refractivity contribution in [2.24, 2.45) is 5.92 Å². The first-order valence-corrected chi connectivity index (χ1v) is 6.34. The normalized spacial score (nSPS) is 11.8. The molecule has 0 saturated heterocycles. The van der Waals surface area contributed by atoms with E-state index in [1.165, 1.54) is 0 Å². The number of carbonyl (C=O) groups is 2. The molecule has 0 heterocycles. The average Bonchev–Trinajstić information content (AvgIpc) is 2.34. The number of carbonyl (C=O) groups excluding carboxylic acids is 1. The van der Waals surface area contributed by atoms with Crippen molar-refractivity contribution in [3.05, 3.63) is 29.8 Å². The van der Waals surface area contributed by atoms with Crippen molar-refractivity contribution < 1.29 is 14.7 Å². The predicted molar refractivity (Wildman–Crippen MR) is 73.6 cm³/mol. The lowest BCUT2D eigenvalue weighted by atomic mass is 10.0. The van der Waals surface area contributed by atoms with Crippen LogP contribution >= 0.6 is 0 Å². The summed E-state index contributed by atoms with van der Waals surface area (Å²) in [7, 11) is 0. The lowest BCUT2D eigenvalue weighted by Crippen LogP contribution is -2.31. The minimum atomic E-state index is -0.836. The van der Waals surface area contributed by atoms with Crippen LogP contribution in [0.15, 0.2) is 24.3 Å². The summed E-state index contributed by atoms with van der Waals surface area (Å²) >= 11 is 0. The van der Waals surface area contributed by atoms with E-state index in [1.807, 2.05) is 13.0 Å². The van der Waals surface area contributed by atoms with Gasteiger partial charge in [0.25, 0.3) is 0 Å². The molecule has 0 radical (unpaired) electrons. The van der Waals surface area contributed by atoms with E-state index in [2.05, 4.69) is 5.32 Å². The number of carboxylic acid groups (broad SMARTS) is 1. The number of nitrogens with two attached hydrogens (primary N) is 1. The van der Waals surface area contributed by atoms with E-state index in [9.17, 15) is 9.59 Å². The van der Waals surface area contributed by atoms with Gasteiger partial charge in [-0.1, -0.05) is 25.5 Å². The first kappa shape index (κ1) is 15.0. The van der Waals surface area contributed by atoms with Gasteiger partial charge in [0.05, 0.1) is 6.42 Å². The number of aliphatic carboxylic acids is 1. The van der Waals surface area contributed by atoms with E-state index in [-0.39, 0.29) is 24.7 Å². The number of benzene rings is 1.